The highest BCUT2D eigenvalue weighted by atomic mass is 15.1. The van der Waals surface area contributed by atoms with Crippen molar-refractivity contribution in [1.82, 2.24) is 9.97 Å². The van der Waals surface area contributed by atoms with E-state index in [0.29, 0.717) is 18.0 Å². The van der Waals surface area contributed by atoms with Gasteiger partial charge in [0.1, 0.15) is 5.82 Å². The van der Waals surface area contributed by atoms with Gasteiger partial charge in [-0.2, -0.15) is 4.98 Å². The lowest BCUT2D eigenvalue weighted by molar-refractivity contribution is 0.410. The van der Waals surface area contributed by atoms with Gasteiger partial charge in [-0.3, -0.25) is 0 Å². The van der Waals surface area contributed by atoms with Crippen molar-refractivity contribution in [2.24, 2.45) is 5.73 Å². The molecule has 0 amide bonds. The molecule has 5 heteroatoms. The Morgan fingerprint density at radius 3 is 2.75 bits per heavy atom. The first kappa shape index (κ1) is 11.1. The van der Waals surface area contributed by atoms with E-state index < -0.39 is 0 Å². The van der Waals surface area contributed by atoms with E-state index in [2.05, 4.69) is 20.6 Å². The van der Waals surface area contributed by atoms with Gasteiger partial charge in [0, 0.05) is 25.3 Å². The maximum absolute atomic E-state index is 5.87. The largest absolute Gasteiger partial charge is 0.373 e. The van der Waals surface area contributed by atoms with Gasteiger partial charge in [0.2, 0.25) is 5.95 Å². The van der Waals surface area contributed by atoms with Crippen molar-refractivity contribution in [3.8, 4) is 0 Å². The average Bonchev–Trinajstić information content (AvgIpc) is 2.32. The molecule has 16 heavy (non-hydrogen) atoms. The van der Waals surface area contributed by atoms with E-state index in [4.69, 9.17) is 5.73 Å². The normalized spacial score (nSPS) is 25.1. The maximum atomic E-state index is 5.87. The molecule has 0 unspecified atom stereocenters. The summed E-state index contributed by atoms with van der Waals surface area (Å²) in [5, 5.41) is 6.36. The Bertz CT molecular complexity index is 333. The highest BCUT2D eigenvalue weighted by Gasteiger charge is 2.18. The van der Waals surface area contributed by atoms with Crippen molar-refractivity contribution in [3.63, 3.8) is 0 Å². The molecule has 1 aliphatic carbocycles. The van der Waals surface area contributed by atoms with E-state index in [-0.39, 0.29) is 0 Å². The number of nitrogens with two attached hydrogens (primary N) is 1. The zero-order chi connectivity index (χ0) is 11.4. The third-order valence-electron chi connectivity index (χ3n) is 3.02. The Labute approximate surface area is 95.9 Å². The van der Waals surface area contributed by atoms with Gasteiger partial charge in [-0.15, -0.1) is 0 Å². The van der Waals surface area contributed by atoms with Gasteiger partial charge in [0.25, 0.3) is 0 Å². The smallest absolute Gasteiger partial charge is 0.224 e. The van der Waals surface area contributed by atoms with Crippen LogP contribution in [0.3, 0.4) is 0 Å². The van der Waals surface area contributed by atoms with Gasteiger partial charge in [0.15, 0.2) is 0 Å². The van der Waals surface area contributed by atoms with Crippen LogP contribution in [0.15, 0.2) is 12.3 Å². The zero-order valence-electron chi connectivity index (χ0n) is 9.61. The summed E-state index contributed by atoms with van der Waals surface area (Å²) in [6, 6.07) is 2.69. The predicted octanol–water partition coefficient (Wildman–Crippen LogP) is 1.20. The van der Waals surface area contributed by atoms with Crippen LogP contribution in [0.2, 0.25) is 0 Å². The molecule has 5 nitrogen and oxygen atoms in total. The quantitative estimate of drug-likeness (QED) is 0.715. The molecule has 1 saturated carbocycles. The van der Waals surface area contributed by atoms with Crippen LogP contribution in [0.4, 0.5) is 11.8 Å². The summed E-state index contributed by atoms with van der Waals surface area (Å²) >= 11 is 0. The lowest BCUT2D eigenvalue weighted by Crippen LogP contribution is -2.33. The van der Waals surface area contributed by atoms with Crippen LogP contribution in [-0.2, 0) is 0 Å². The molecule has 1 fully saturated rings. The summed E-state index contributed by atoms with van der Waals surface area (Å²) in [5.41, 5.74) is 5.87. The Hall–Kier alpha value is -1.36. The van der Waals surface area contributed by atoms with E-state index in [1.165, 1.54) is 0 Å². The Morgan fingerprint density at radius 2 is 2.06 bits per heavy atom. The fraction of sp³-hybridized carbons (Fsp3) is 0.636. The third-order valence-corrected chi connectivity index (χ3v) is 3.02. The molecule has 1 aromatic heterocycles. The number of aromatic nitrogens is 2. The summed E-state index contributed by atoms with van der Waals surface area (Å²) in [7, 11) is 1.85. The molecular weight excluding hydrogens is 202 g/mol. The van der Waals surface area contributed by atoms with E-state index in [1.54, 1.807) is 6.20 Å². The van der Waals surface area contributed by atoms with Crippen molar-refractivity contribution in [3.05, 3.63) is 12.3 Å². The van der Waals surface area contributed by atoms with Crippen LogP contribution in [0, 0.1) is 0 Å². The molecule has 0 aromatic carbocycles. The first-order chi connectivity index (χ1) is 7.78. The molecule has 4 N–H and O–H groups in total. The summed E-state index contributed by atoms with van der Waals surface area (Å²) in [6.07, 6.45) is 6.14. The maximum Gasteiger partial charge on any atom is 0.224 e. The second-order valence-corrected chi connectivity index (χ2v) is 4.27. The fourth-order valence-corrected chi connectivity index (χ4v) is 2.01. The van der Waals surface area contributed by atoms with Gasteiger partial charge < -0.3 is 16.4 Å². The van der Waals surface area contributed by atoms with Gasteiger partial charge in [-0.25, -0.2) is 4.98 Å². The molecule has 0 spiro atoms. The van der Waals surface area contributed by atoms with Gasteiger partial charge >= 0.3 is 0 Å². The standard InChI is InChI=1S/C11H19N5/c1-13-10-6-7-14-11(16-10)15-9-4-2-8(12)3-5-9/h6-9H,2-5,12H2,1H3,(H2,13,14,15,16). The topological polar surface area (TPSA) is 75.9 Å². The Kier molecular flexibility index (Phi) is 3.56. The lowest BCUT2D eigenvalue weighted by Gasteiger charge is -2.26. The number of anilines is 2. The van der Waals surface area contributed by atoms with Crippen LogP contribution in [0.25, 0.3) is 0 Å². The number of nitrogens with zero attached hydrogens (tertiary/aromatic N) is 2. The number of nitrogens with one attached hydrogen (secondary N) is 2. The summed E-state index contributed by atoms with van der Waals surface area (Å²) in [4.78, 5) is 8.55. The summed E-state index contributed by atoms with van der Waals surface area (Å²) in [6.45, 7) is 0. The van der Waals surface area contributed by atoms with Crippen LogP contribution in [-0.4, -0.2) is 29.1 Å². The molecule has 1 aromatic rings. The number of rotatable bonds is 3. The lowest BCUT2D eigenvalue weighted by atomic mass is 9.92. The van der Waals surface area contributed by atoms with E-state index >= 15 is 0 Å². The highest BCUT2D eigenvalue weighted by Crippen LogP contribution is 2.19. The first-order valence-electron chi connectivity index (χ1n) is 5.81. The van der Waals surface area contributed by atoms with Crippen molar-refractivity contribution in [1.29, 1.82) is 0 Å². The Morgan fingerprint density at radius 1 is 1.31 bits per heavy atom. The average molecular weight is 221 g/mol. The van der Waals surface area contributed by atoms with Gasteiger partial charge in [-0.1, -0.05) is 0 Å². The van der Waals surface area contributed by atoms with E-state index in [9.17, 15) is 0 Å². The van der Waals surface area contributed by atoms with Crippen LogP contribution in [0.5, 0.6) is 0 Å². The van der Waals surface area contributed by atoms with Crippen LogP contribution in [0.1, 0.15) is 25.7 Å². The molecule has 0 saturated heterocycles. The first-order valence-corrected chi connectivity index (χ1v) is 5.81. The summed E-state index contributed by atoms with van der Waals surface area (Å²) < 4.78 is 0. The molecule has 1 heterocycles. The molecular formula is C11H19N5. The van der Waals surface area contributed by atoms with E-state index in [1.807, 2.05) is 13.1 Å². The van der Waals surface area contributed by atoms with Crippen molar-refractivity contribution < 1.29 is 0 Å². The second kappa shape index (κ2) is 5.12. The molecule has 0 atom stereocenters. The minimum absolute atomic E-state index is 0.377. The van der Waals surface area contributed by atoms with Gasteiger partial charge in [0.05, 0.1) is 0 Å². The minimum Gasteiger partial charge on any atom is -0.373 e. The molecule has 1 aliphatic rings. The molecule has 0 aliphatic heterocycles. The second-order valence-electron chi connectivity index (χ2n) is 4.27. The monoisotopic (exact) mass is 221 g/mol. The molecule has 0 bridgehead atoms. The predicted molar refractivity (Wildman–Crippen MR) is 65.4 cm³/mol. The zero-order valence-corrected chi connectivity index (χ0v) is 9.61. The van der Waals surface area contributed by atoms with Crippen LogP contribution < -0.4 is 16.4 Å². The highest BCUT2D eigenvalue weighted by molar-refractivity contribution is 5.39. The summed E-state index contributed by atoms with van der Waals surface area (Å²) in [5.74, 6) is 1.54. The van der Waals surface area contributed by atoms with Crippen molar-refractivity contribution >= 4 is 11.8 Å². The van der Waals surface area contributed by atoms with E-state index in [0.717, 1.165) is 31.5 Å². The molecule has 0 radical (unpaired) electrons. The SMILES string of the molecule is CNc1ccnc(NC2CCC(N)CC2)n1. The number of hydrogen-bond acceptors (Lipinski definition) is 5. The fourth-order valence-electron chi connectivity index (χ4n) is 2.01. The Balaban J connectivity index is 1.93. The molecule has 88 valence electrons. The number of hydrogen-bond donors (Lipinski definition) is 3. The van der Waals surface area contributed by atoms with Crippen molar-refractivity contribution in [2.45, 2.75) is 37.8 Å². The van der Waals surface area contributed by atoms with Crippen LogP contribution >= 0.6 is 0 Å². The van der Waals surface area contributed by atoms with Crippen molar-refractivity contribution in [2.75, 3.05) is 17.7 Å². The minimum atomic E-state index is 0.377. The van der Waals surface area contributed by atoms with Gasteiger partial charge in [-0.05, 0) is 31.7 Å². The molecule has 2 rings (SSSR count). The third kappa shape index (κ3) is 2.82.